The highest BCUT2D eigenvalue weighted by molar-refractivity contribution is 5.81. The van der Waals surface area contributed by atoms with Gasteiger partial charge in [0.25, 0.3) is 0 Å². The third-order valence-corrected chi connectivity index (χ3v) is 1.16. The molecule has 0 saturated carbocycles. The first-order chi connectivity index (χ1) is 5.22. The van der Waals surface area contributed by atoms with Crippen molar-refractivity contribution < 1.29 is 9.53 Å². The summed E-state index contributed by atoms with van der Waals surface area (Å²) in [6.45, 7) is 0.951. The van der Waals surface area contributed by atoms with Crippen molar-refractivity contribution in [1.29, 1.82) is 0 Å². The van der Waals surface area contributed by atoms with Crippen LogP contribution in [0.1, 0.15) is 0 Å². The summed E-state index contributed by atoms with van der Waals surface area (Å²) in [5, 5.41) is 2.50. The molecule has 11 heavy (non-hydrogen) atoms. The van der Waals surface area contributed by atoms with Gasteiger partial charge in [-0.25, -0.2) is 5.73 Å². The van der Waals surface area contributed by atoms with Gasteiger partial charge in [-0.15, -0.1) is 0 Å². The number of rotatable bonds is 5. The molecule has 5 heteroatoms. The Morgan fingerprint density at radius 1 is 1.82 bits per heavy atom. The van der Waals surface area contributed by atoms with E-state index in [1.807, 2.05) is 0 Å². The molecule has 0 aliphatic rings. The molecule has 0 aromatic heterocycles. The van der Waals surface area contributed by atoms with Gasteiger partial charge in [0.15, 0.2) is 0 Å². The van der Waals surface area contributed by atoms with Crippen molar-refractivity contribution in [2.75, 3.05) is 26.8 Å². The van der Waals surface area contributed by atoms with Crippen molar-refractivity contribution in [3.63, 3.8) is 0 Å². The van der Waals surface area contributed by atoms with Crippen LogP contribution in [0.4, 0.5) is 0 Å². The Bertz CT molecular complexity index is 118. The Morgan fingerprint density at radius 3 is 2.91 bits per heavy atom. The maximum Gasteiger partial charge on any atom is 0.239 e. The summed E-state index contributed by atoms with van der Waals surface area (Å²) in [5.41, 5.74) is 12.2. The fraction of sp³-hybridized carbons (Fsp3) is 0.833. The van der Waals surface area contributed by atoms with E-state index >= 15 is 0 Å². The number of amides is 1. The highest BCUT2D eigenvalue weighted by atomic mass is 16.5. The Labute approximate surface area is 66.1 Å². The van der Waals surface area contributed by atoms with Crippen LogP contribution in [-0.2, 0) is 9.53 Å². The van der Waals surface area contributed by atoms with E-state index in [0.717, 1.165) is 0 Å². The number of ether oxygens (including phenoxy) is 1. The molecule has 0 fully saturated rings. The zero-order valence-electron chi connectivity index (χ0n) is 6.59. The average molecular weight is 160 g/mol. The van der Waals surface area contributed by atoms with Crippen molar-refractivity contribution in [2.45, 2.75) is 6.04 Å². The largest absolute Gasteiger partial charge is 0.383 e. The molecule has 1 unspecified atom stereocenters. The summed E-state index contributed by atoms with van der Waals surface area (Å²) in [7, 11) is 1.55. The SMILES string of the molecule is COCCNC(=O)C([NH])CN. The average Bonchev–Trinajstić information content (AvgIpc) is 2.03. The number of nitrogens with two attached hydrogens (primary N) is 1. The maximum absolute atomic E-state index is 10.8. The molecular weight excluding hydrogens is 146 g/mol. The number of carbonyl (C=O) groups excluding carboxylic acids is 1. The van der Waals surface area contributed by atoms with E-state index < -0.39 is 6.04 Å². The van der Waals surface area contributed by atoms with Gasteiger partial charge in [0.05, 0.1) is 6.61 Å². The summed E-state index contributed by atoms with van der Waals surface area (Å²) in [6, 6.07) is -0.855. The monoisotopic (exact) mass is 160 g/mol. The smallest absolute Gasteiger partial charge is 0.239 e. The summed E-state index contributed by atoms with van der Waals surface area (Å²) in [6.07, 6.45) is 0. The van der Waals surface area contributed by atoms with E-state index in [1.54, 1.807) is 7.11 Å². The lowest BCUT2D eigenvalue weighted by Gasteiger charge is -2.07. The fourth-order valence-electron chi connectivity index (χ4n) is 0.507. The van der Waals surface area contributed by atoms with Crippen molar-refractivity contribution in [1.82, 2.24) is 11.1 Å². The van der Waals surface area contributed by atoms with E-state index in [1.165, 1.54) is 0 Å². The van der Waals surface area contributed by atoms with Crippen LogP contribution >= 0.6 is 0 Å². The second kappa shape index (κ2) is 6.09. The van der Waals surface area contributed by atoms with Crippen LogP contribution in [0.2, 0.25) is 0 Å². The predicted molar refractivity (Wildman–Crippen MR) is 40.8 cm³/mol. The number of hydrogen-bond donors (Lipinski definition) is 2. The molecule has 0 bridgehead atoms. The molecule has 0 aliphatic heterocycles. The van der Waals surface area contributed by atoms with Crippen molar-refractivity contribution in [3.8, 4) is 0 Å². The van der Waals surface area contributed by atoms with E-state index in [-0.39, 0.29) is 12.5 Å². The lowest BCUT2D eigenvalue weighted by atomic mass is 10.3. The summed E-state index contributed by atoms with van der Waals surface area (Å²) in [4.78, 5) is 10.8. The predicted octanol–water partition coefficient (Wildman–Crippen LogP) is -1.64. The number of hydrogen-bond acceptors (Lipinski definition) is 3. The number of nitrogens with one attached hydrogen (secondary N) is 2. The van der Waals surface area contributed by atoms with E-state index in [9.17, 15) is 4.79 Å². The molecule has 1 atom stereocenters. The molecule has 0 rings (SSSR count). The summed E-state index contributed by atoms with van der Waals surface area (Å²) >= 11 is 0. The van der Waals surface area contributed by atoms with Crippen LogP contribution in [0.15, 0.2) is 0 Å². The summed E-state index contributed by atoms with van der Waals surface area (Å²) < 4.78 is 4.70. The number of carbonyl (C=O) groups is 1. The Hall–Kier alpha value is -0.650. The lowest BCUT2D eigenvalue weighted by Crippen LogP contribution is -2.41. The Morgan fingerprint density at radius 2 is 2.45 bits per heavy atom. The molecule has 0 aromatic rings. The first-order valence-electron chi connectivity index (χ1n) is 3.40. The van der Waals surface area contributed by atoms with E-state index in [4.69, 9.17) is 16.2 Å². The molecule has 1 amide bonds. The third-order valence-electron chi connectivity index (χ3n) is 1.16. The Kier molecular flexibility index (Phi) is 5.73. The second-order valence-corrected chi connectivity index (χ2v) is 2.07. The first-order valence-corrected chi connectivity index (χ1v) is 3.40. The second-order valence-electron chi connectivity index (χ2n) is 2.07. The van der Waals surface area contributed by atoms with E-state index in [2.05, 4.69) is 5.32 Å². The highest BCUT2D eigenvalue weighted by Gasteiger charge is 2.09. The molecular formula is C6H14N3O2. The molecule has 65 valence electrons. The zero-order chi connectivity index (χ0) is 8.69. The highest BCUT2D eigenvalue weighted by Crippen LogP contribution is 1.76. The molecule has 0 aliphatic carbocycles. The molecule has 0 aromatic carbocycles. The van der Waals surface area contributed by atoms with Crippen molar-refractivity contribution in [3.05, 3.63) is 0 Å². The van der Waals surface area contributed by atoms with Gasteiger partial charge in [0, 0.05) is 20.2 Å². The minimum atomic E-state index is -0.855. The summed E-state index contributed by atoms with van der Waals surface area (Å²) in [5.74, 6) is -0.343. The Balaban J connectivity index is 3.36. The van der Waals surface area contributed by atoms with E-state index in [0.29, 0.717) is 13.2 Å². The maximum atomic E-state index is 10.8. The molecule has 1 radical (unpaired) electrons. The van der Waals surface area contributed by atoms with Crippen molar-refractivity contribution in [2.24, 2.45) is 5.73 Å². The fourth-order valence-corrected chi connectivity index (χ4v) is 0.507. The van der Waals surface area contributed by atoms with Gasteiger partial charge in [0.2, 0.25) is 5.91 Å². The van der Waals surface area contributed by atoms with Crippen LogP contribution in [0.3, 0.4) is 0 Å². The van der Waals surface area contributed by atoms with Gasteiger partial charge in [-0.05, 0) is 0 Å². The van der Waals surface area contributed by atoms with Gasteiger partial charge < -0.3 is 15.8 Å². The van der Waals surface area contributed by atoms with Crippen LogP contribution in [0.5, 0.6) is 0 Å². The van der Waals surface area contributed by atoms with Gasteiger partial charge in [-0.2, -0.15) is 0 Å². The lowest BCUT2D eigenvalue weighted by molar-refractivity contribution is -0.122. The van der Waals surface area contributed by atoms with Crippen LogP contribution in [0, 0.1) is 0 Å². The normalized spacial score (nSPS) is 12.6. The zero-order valence-corrected chi connectivity index (χ0v) is 6.59. The van der Waals surface area contributed by atoms with Gasteiger partial charge in [0.1, 0.15) is 6.04 Å². The standard InChI is InChI=1S/C6H14N3O2/c1-11-3-2-9-6(10)5(8)4-7/h5,8H,2-4,7H2,1H3,(H,9,10). The van der Waals surface area contributed by atoms with Crippen molar-refractivity contribution >= 4 is 5.91 Å². The topological polar surface area (TPSA) is 88.1 Å². The third kappa shape index (κ3) is 4.72. The van der Waals surface area contributed by atoms with Crippen LogP contribution in [0.25, 0.3) is 0 Å². The molecule has 0 saturated heterocycles. The van der Waals surface area contributed by atoms with Crippen LogP contribution in [-0.4, -0.2) is 38.8 Å². The molecule has 5 nitrogen and oxygen atoms in total. The molecule has 0 spiro atoms. The molecule has 4 N–H and O–H groups in total. The minimum Gasteiger partial charge on any atom is -0.383 e. The van der Waals surface area contributed by atoms with Gasteiger partial charge in [-0.1, -0.05) is 0 Å². The van der Waals surface area contributed by atoms with Gasteiger partial charge >= 0.3 is 0 Å². The minimum absolute atomic E-state index is 0.0544. The van der Waals surface area contributed by atoms with Gasteiger partial charge in [-0.3, -0.25) is 4.79 Å². The first kappa shape index (κ1) is 10.3. The number of methoxy groups -OCH3 is 1. The molecule has 0 heterocycles. The quantitative estimate of drug-likeness (QED) is 0.473. The van der Waals surface area contributed by atoms with Crippen LogP contribution < -0.4 is 16.8 Å².